The van der Waals surface area contributed by atoms with E-state index in [1.165, 1.54) is 5.69 Å². The predicted molar refractivity (Wildman–Crippen MR) is 126 cm³/mol. The Morgan fingerprint density at radius 3 is 2.55 bits per heavy atom. The molecule has 0 aliphatic carbocycles. The molecule has 2 unspecified atom stereocenters. The highest BCUT2D eigenvalue weighted by Gasteiger charge is 2.29. The van der Waals surface area contributed by atoms with Gasteiger partial charge in [0.25, 0.3) is 0 Å². The van der Waals surface area contributed by atoms with Gasteiger partial charge in [0.15, 0.2) is 6.29 Å². The van der Waals surface area contributed by atoms with Gasteiger partial charge < -0.3 is 25.0 Å². The first kappa shape index (κ1) is 25.1. The normalized spacial score (nSPS) is 21.2. The molecule has 3 rings (SSSR count). The molecule has 1 aliphatic rings. The van der Waals surface area contributed by atoms with Crippen molar-refractivity contribution in [1.82, 2.24) is 4.72 Å². The summed E-state index contributed by atoms with van der Waals surface area (Å²) in [5, 5.41) is 38.3. The first-order chi connectivity index (χ1) is 15.0. The predicted octanol–water partition coefficient (Wildman–Crippen LogP) is 2.86. The first-order valence-corrected chi connectivity index (χ1v) is 11.1. The fourth-order valence-corrected chi connectivity index (χ4v) is 4.14. The molecule has 4 N–H and O–H groups in total. The van der Waals surface area contributed by atoms with Crippen LogP contribution in [0.4, 0.5) is 5.69 Å². The summed E-state index contributed by atoms with van der Waals surface area (Å²) >= 11 is 1.14. The van der Waals surface area contributed by atoms with Crippen molar-refractivity contribution < 1.29 is 20.1 Å². The Balaban J connectivity index is 0.00000166. The monoisotopic (exact) mass is 445 g/mol. The van der Waals surface area contributed by atoms with Crippen molar-refractivity contribution in [3.8, 4) is 6.07 Å². The van der Waals surface area contributed by atoms with E-state index in [0.717, 1.165) is 48.5 Å². The van der Waals surface area contributed by atoms with Gasteiger partial charge in [-0.1, -0.05) is 18.2 Å². The van der Waals surface area contributed by atoms with Crippen molar-refractivity contribution in [2.45, 2.75) is 38.7 Å². The van der Waals surface area contributed by atoms with Gasteiger partial charge in [0, 0.05) is 25.9 Å². The van der Waals surface area contributed by atoms with E-state index in [9.17, 15) is 15.5 Å². The number of nitrogens with zero attached hydrogens (tertiary/aromatic N) is 2. The Bertz CT molecular complexity index is 911. The van der Waals surface area contributed by atoms with E-state index in [-0.39, 0.29) is 6.61 Å². The summed E-state index contributed by atoms with van der Waals surface area (Å²) in [5.41, 5.74) is 2.14. The maximum atomic E-state index is 9.86. The van der Waals surface area contributed by atoms with Crippen LogP contribution in [0.25, 0.3) is 16.8 Å². The van der Waals surface area contributed by atoms with Crippen molar-refractivity contribution in [3.63, 3.8) is 0 Å². The zero-order chi connectivity index (χ0) is 22.8. The van der Waals surface area contributed by atoms with Gasteiger partial charge in [-0.3, -0.25) is 4.72 Å². The molecule has 0 spiro atoms. The van der Waals surface area contributed by atoms with Crippen LogP contribution in [0.5, 0.6) is 0 Å². The lowest BCUT2D eigenvalue weighted by atomic mass is 10.1. The molecule has 2 aromatic carbocycles. The number of benzene rings is 2. The maximum absolute atomic E-state index is 9.86. The van der Waals surface area contributed by atoms with Crippen molar-refractivity contribution in [3.05, 3.63) is 46.9 Å². The highest BCUT2D eigenvalue weighted by molar-refractivity contribution is 8.01. The maximum Gasteiger partial charge on any atom is 0.171 e. The third kappa shape index (κ3) is 6.94. The highest BCUT2D eigenvalue weighted by Crippen LogP contribution is 2.26. The minimum absolute atomic E-state index is 0.123. The molecule has 0 radical (unpaired) electrons. The van der Waals surface area contributed by atoms with Crippen LogP contribution in [0.3, 0.4) is 0 Å². The fourth-order valence-electron chi connectivity index (χ4n) is 3.41. The largest absolute Gasteiger partial charge is 0.400 e. The summed E-state index contributed by atoms with van der Waals surface area (Å²) in [7, 11) is 1.00. The van der Waals surface area contributed by atoms with E-state index in [1.54, 1.807) is 0 Å². The van der Waals surface area contributed by atoms with Gasteiger partial charge in [-0.15, -0.1) is 0 Å². The molecule has 31 heavy (non-hydrogen) atoms. The van der Waals surface area contributed by atoms with Crippen LogP contribution in [-0.4, -0.2) is 60.6 Å². The Labute approximate surface area is 188 Å². The molecule has 1 fully saturated rings. The van der Waals surface area contributed by atoms with E-state index in [1.807, 2.05) is 12.1 Å². The molecule has 2 aromatic rings. The molecule has 0 amide bonds. The molecule has 7 nitrogen and oxygen atoms in total. The summed E-state index contributed by atoms with van der Waals surface area (Å²) in [6.45, 7) is 6.36. The number of hydrogen-bond acceptors (Lipinski definition) is 8. The second-order valence-corrected chi connectivity index (χ2v) is 7.90. The lowest BCUT2D eigenvalue weighted by molar-refractivity contribution is -0.168. The van der Waals surface area contributed by atoms with Gasteiger partial charge in [-0.2, -0.15) is 5.26 Å². The number of anilines is 1. The molecule has 1 aliphatic heterocycles. The van der Waals surface area contributed by atoms with Gasteiger partial charge in [0.05, 0.1) is 18.8 Å². The summed E-state index contributed by atoms with van der Waals surface area (Å²) < 4.78 is 8.13. The number of allylic oxidation sites excluding steroid dienone is 1. The van der Waals surface area contributed by atoms with Crippen LogP contribution in [0, 0.1) is 11.3 Å². The van der Waals surface area contributed by atoms with E-state index < -0.39 is 18.4 Å². The van der Waals surface area contributed by atoms with Crippen molar-refractivity contribution >= 4 is 34.5 Å². The first-order valence-electron chi connectivity index (χ1n) is 10.3. The van der Waals surface area contributed by atoms with Gasteiger partial charge in [-0.05, 0) is 72.8 Å². The number of nitrogens with one attached hydrogen (secondary N) is 1. The van der Waals surface area contributed by atoms with Crippen LogP contribution in [0.1, 0.15) is 25.8 Å². The summed E-state index contributed by atoms with van der Waals surface area (Å²) in [5.74, 6) is 0. The van der Waals surface area contributed by atoms with Gasteiger partial charge in [0.1, 0.15) is 11.0 Å². The van der Waals surface area contributed by atoms with Gasteiger partial charge >= 0.3 is 0 Å². The minimum atomic E-state index is -0.994. The molecular formula is C23H31N3O4S. The average Bonchev–Trinajstić information content (AvgIpc) is 2.80. The van der Waals surface area contributed by atoms with Crippen LogP contribution < -0.4 is 9.62 Å². The number of fused-ring (bicyclic) bond motifs is 1. The van der Waals surface area contributed by atoms with Gasteiger partial charge in [0.2, 0.25) is 0 Å². The topological polar surface area (TPSA) is 109 Å². The van der Waals surface area contributed by atoms with Crippen LogP contribution >= 0.6 is 11.9 Å². The highest BCUT2D eigenvalue weighted by atomic mass is 32.2. The Hall–Kier alpha value is -2.12. The van der Waals surface area contributed by atoms with Crippen molar-refractivity contribution in [2.24, 2.45) is 0 Å². The molecule has 8 heteroatoms. The van der Waals surface area contributed by atoms with Crippen LogP contribution in [-0.2, 0) is 4.74 Å². The van der Waals surface area contributed by atoms with E-state index in [2.05, 4.69) is 59.9 Å². The zero-order valence-electron chi connectivity index (χ0n) is 18.2. The smallest absolute Gasteiger partial charge is 0.171 e. The number of rotatable bonds is 7. The van der Waals surface area contributed by atoms with E-state index >= 15 is 0 Å². The molecule has 0 saturated carbocycles. The van der Waals surface area contributed by atoms with Crippen LogP contribution in [0.15, 0.2) is 41.3 Å². The van der Waals surface area contributed by atoms with E-state index in [4.69, 9.17) is 9.84 Å². The molecule has 168 valence electrons. The third-order valence-electron chi connectivity index (χ3n) is 5.03. The lowest BCUT2D eigenvalue weighted by Crippen LogP contribution is -2.46. The average molecular weight is 446 g/mol. The summed E-state index contributed by atoms with van der Waals surface area (Å²) in [4.78, 5) is 2.78. The molecule has 1 saturated heterocycles. The molecular weight excluding hydrogens is 414 g/mol. The third-order valence-corrected chi connectivity index (χ3v) is 5.88. The van der Waals surface area contributed by atoms with Gasteiger partial charge in [-0.25, -0.2) is 0 Å². The molecule has 0 bridgehead atoms. The number of hydrogen-bond donors (Lipinski definition) is 4. The quantitative estimate of drug-likeness (QED) is 0.381. The summed E-state index contributed by atoms with van der Waals surface area (Å²) in [6, 6.07) is 14.3. The second kappa shape index (κ2) is 12.7. The Morgan fingerprint density at radius 2 is 1.87 bits per heavy atom. The number of aliphatic hydroxyl groups excluding tert-OH is 3. The standard InChI is InChI=1S/C22H27N3O3S.CH4O/c1-3-25(4-2)18-8-7-16-9-15(5-6-17(16)11-18)10-20(13-23)29-24-21-12-19(26)14-28-22(21)27;1-2/h5-11,19,21-22,24,26-27H,3-4,12,14H2,1-2H3;2H,1H3/b20-10+;/t19?,21-,22?;/m1./s1. The summed E-state index contributed by atoms with van der Waals surface area (Å²) in [6.07, 6.45) is 0.568. The van der Waals surface area contributed by atoms with E-state index in [0.29, 0.717) is 11.3 Å². The molecule has 3 atom stereocenters. The Kier molecular flexibility index (Phi) is 10.3. The number of nitriles is 1. The number of ether oxygens (including phenoxy) is 1. The fraction of sp³-hybridized carbons (Fsp3) is 0.435. The van der Waals surface area contributed by atoms with Crippen LogP contribution in [0.2, 0.25) is 0 Å². The number of aliphatic hydroxyl groups is 3. The Morgan fingerprint density at radius 1 is 1.19 bits per heavy atom. The van der Waals surface area contributed by atoms with Crippen molar-refractivity contribution in [2.75, 3.05) is 31.7 Å². The SMILES string of the molecule is CCN(CC)c1ccc2cc(/C=C(\C#N)SN[C@@H]3CC(O)COC3O)ccc2c1.CO. The zero-order valence-corrected chi connectivity index (χ0v) is 19.0. The second-order valence-electron chi connectivity index (χ2n) is 7.02. The molecule has 1 heterocycles. The van der Waals surface area contributed by atoms with Crippen molar-refractivity contribution in [1.29, 1.82) is 5.26 Å². The lowest BCUT2D eigenvalue weighted by Gasteiger charge is -2.30. The minimum Gasteiger partial charge on any atom is -0.400 e. The molecule has 0 aromatic heterocycles.